The van der Waals surface area contributed by atoms with Crippen molar-refractivity contribution in [1.82, 2.24) is 15.5 Å². The fraction of sp³-hybridized carbons (Fsp3) is 0.529. The molecule has 1 N–H and O–H groups in total. The van der Waals surface area contributed by atoms with Gasteiger partial charge >= 0.3 is 0 Å². The SMILES string of the molecule is Cc1occc1-c1nnc(SC(C)C(=O)NC2(C#N)CCCCC2)o1. The molecule has 25 heavy (non-hydrogen) atoms. The maximum Gasteiger partial charge on any atom is 0.277 e. The number of furan rings is 1. The molecule has 0 spiro atoms. The first kappa shape index (κ1) is 17.5. The van der Waals surface area contributed by atoms with E-state index in [0.29, 0.717) is 29.7 Å². The van der Waals surface area contributed by atoms with E-state index in [0.717, 1.165) is 24.8 Å². The van der Waals surface area contributed by atoms with Crippen molar-refractivity contribution >= 4 is 17.7 Å². The molecule has 1 saturated carbocycles. The van der Waals surface area contributed by atoms with Crippen LogP contribution in [0.25, 0.3) is 11.5 Å². The summed E-state index contributed by atoms with van der Waals surface area (Å²) in [6, 6.07) is 4.05. The monoisotopic (exact) mass is 360 g/mol. The van der Waals surface area contributed by atoms with Gasteiger partial charge in [0.15, 0.2) is 0 Å². The van der Waals surface area contributed by atoms with E-state index in [1.165, 1.54) is 11.8 Å². The molecular weight excluding hydrogens is 340 g/mol. The molecular formula is C17H20N4O3S. The summed E-state index contributed by atoms with van der Waals surface area (Å²) in [6.07, 6.45) is 6.01. The molecule has 7 nitrogen and oxygen atoms in total. The third-order valence-electron chi connectivity index (χ3n) is 4.43. The summed E-state index contributed by atoms with van der Waals surface area (Å²) in [7, 11) is 0. The van der Waals surface area contributed by atoms with Crippen molar-refractivity contribution in [2.24, 2.45) is 0 Å². The number of rotatable bonds is 5. The average Bonchev–Trinajstić information content (AvgIpc) is 3.24. The first-order valence-corrected chi connectivity index (χ1v) is 9.19. The van der Waals surface area contributed by atoms with E-state index < -0.39 is 10.8 Å². The highest BCUT2D eigenvalue weighted by Crippen LogP contribution is 2.30. The molecule has 1 aliphatic rings. The number of carbonyl (C=O) groups excluding carboxylic acids is 1. The van der Waals surface area contributed by atoms with Gasteiger partial charge in [-0.25, -0.2) is 0 Å². The van der Waals surface area contributed by atoms with E-state index in [4.69, 9.17) is 8.83 Å². The highest BCUT2D eigenvalue weighted by Gasteiger charge is 2.35. The van der Waals surface area contributed by atoms with Crippen molar-refractivity contribution in [1.29, 1.82) is 5.26 Å². The zero-order valence-electron chi connectivity index (χ0n) is 14.2. The van der Waals surface area contributed by atoms with Crippen LogP contribution in [0.5, 0.6) is 0 Å². The lowest BCUT2D eigenvalue weighted by molar-refractivity contribution is -0.122. The van der Waals surface area contributed by atoms with Crippen molar-refractivity contribution < 1.29 is 13.6 Å². The molecule has 1 fully saturated rings. The van der Waals surface area contributed by atoms with Crippen LogP contribution in [0.3, 0.4) is 0 Å². The molecule has 3 rings (SSSR count). The van der Waals surface area contributed by atoms with Crippen LogP contribution < -0.4 is 5.32 Å². The molecule has 0 saturated heterocycles. The molecule has 2 aromatic heterocycles. The zero-order chi connectivity index (χ0) is 17.9. The van der Waals surface area contributed by atoms with Gasteiger partial charge in [-0.15, -0.1) is 10.2 Å². The Hall–Kier alpha value is -2.27. The van der Waals surface area contributed by atoms with Crippen LogP contribution in [0.15, 0.2) is 26.4 Å². The molecule has 2 aromatic rings. The summed E-state index contributed by atoms with van der Waals surface area (Å²) >= 11 is 1.18. The zero-order valence-corrected chi connectivity index (χ0v) is 15.1. The van der Waals surface area contributed by atoms with E-state index >= 15 is 0 Å². The van der Waals surface area contributed by atoms with Gasteiger partial charge in [0.05, 0.1) is 23.1 Å². The molecule has 1 atom stereocenters. The third-order valence-corrected chi connectivity index (χ3v) is 5.36. The Morgan fingerprint density at radius 1 is 1.40 bits per heavy atom. The highest BCUT2D eigenvalue weighted by molar-refractivity contribution is 8.00. The van der Waals surface area contributed by atoms with Crippen LogP contribution in [0, 0.1) is 18.3 Å². The first-order valence-electron chi connectivity index (χ1n) is 8.31. The van der Waals surface area contributed by atoms with E-state index in [9.17, 15) is 10.1 Å². The molecule has 0 bridgehead atoms. The third kappa shape index (κ3) is 3.87. The summed E-state index contributed by atoms with van der Waals surface area (Å²) in [5.41, 5.74) is 0.0000150. The van der Waals surface area contributed by atoms with Crippen molar-refractivity contribution in [3.63, 3.8) is 0 Å². The van der Waals surface area contributed by atoms with Gasteiger partial charge in [0.2, 0.25) is 5.91 Å². The van der Waals surface area contributed by atoms with Gasteiger partial charge in [-0.05, 0) is 32.8 Å². The molecule has 8 heteroatoms. The fourth-order valence-corrected chi connectivity index (χ4v) is 3.62. The van der Waals surface area contributed by atoms with E-state index in [-0.39, 0.29) is 5.91 Å². The number of hydrogen-bond donors (Lipinski definition) is 1. The standard InChI is InChI=1S/C17H20N4O3S/c1-11-13(6-9-23-11)15-20-21-16(24-15)25-12(2)14(22)19-17(10-18)7-4-3-5-8-17/h6,9,12H,3-5,7-8H2,1-2H3,(H,19,22). The smallest absolute Gasteiger partial charge is 0.277 e. The van der Waals surface area contributed by atoms with Crippen LogP contribution in [0.1, 0.15) is 44.8 Å². The van der Waals surface area contributed by atoms with Gasteiger partial charge in [0.1, 0.15) is 11.3 Å². The molecule has 0 aromatic carbocycles. The van der Waals surface area contributed by atoms with Crippen LogP contribution in [0.2, 0.25) is 0 Å². The lowest BCUT2D eigenvalue weighted by atomic mass is 9.83. The first-order chi connectivity index (χ1) is 12.0. The van der Waals surface area contributed by atoms with Gasteiger partial charge in [0, 0.05) is 0 Å². The van der Waals surface area contributed by atoms with E-state index in [1.807, 2.05) is 6.92 Å². The molecule has 1 aliphatic carbocycles. The molecule has 1 amide bonds. The van der Waals surface area contributed by atoms with Crippen molar-refractivity contribution in [3.8, 4) is 17.5 Å². The average molecular weight is 360 g/mol. The summed E-state index contributed by atoms with van der Waals surface area (Å²) in [6.45, 7) is 3.58. The maximum atomic E-state index is 12.5. The minimum atomic E-state index is -0.738. The summed E-state index contributed by atoms with van der Waals surface area (Å²) in [4.78, 5) is 12.5. The number of thioether (sulfide) groups is 1. The summed E-state index contributed by atoms with van der Waals surface area (Å²) < 4.78 is 10.8. The Labute approximate surface area is 150 Å². The van der Waals surface area contributed by atoms with Crippen LogP contribution >= 0.6 is 11.8 Å². The molecule has 0 radical (unpaired) electrons. The second-order valence-electron chi connectivity index (χ2n) is 6.27. The second-order valence-corrected chi connectivity index (χ2v) is 7.56. The second kappa shape index (κ2) is 7.31. The maximum absolute atomic E-state index is 12.5. The predicted octanol–water partition coefficient (Wildman–Crippen LogP) is 3.46. The molecule has 1 unspecified atom stereocenters. The number of nitriles is 1. The lowest BCUT2D eigenvalue weighted by Crippen LogP contribution is -2.50. The predicted molar refractivity (Wildman–Crippen MR) is 91.6 cm³/mol. The molecule has 0 aliphatic heterocycles. The number of hydrogen-bond acceptors (Lipinski definition) is 7. The van der Waals surface area contributed by atoms with Gasteiger partial charge in [-0.3, -0.25) is 4.79 Å². The Morgan fingerprint density at radius 3 is 2.80 bits per heavy atom. The molecule has 132 valence electrons. The van der Waals surface area contributed by atoms with Crippen LogP contribution in [0.4, 0.5) is 0 Å². The Morgan fingerprint density at radius 2 is 2.16 bits per heavy atom. The van der Waals surface area contributed by atoms with Gasteiger partial charge in [-0.1, -0.05) is 31.0 Å². The normalized spacial score (nSPS) is 17.6. The number of carbonyl (C=O) groups is 1. The quantitative estimate of drug-likeness (QED) is 0.814. The van der Waals surface area contributed by atoms with Crippen molar-refractivity contribution in [3.05, 3.63) is 18.1 Å². The molecule has 2 heterocycles. The van der Waals surface area contributed by atoms with Gasteiger partial charge < -0.3 is 14.2 Å². The summed E-state index contributed by atoms with van der Waals surface area (Å²) in [5.74, 6) is 0.870. The van der Waals surface area contributed by atoms with Gasteiger partial charge in [-0.2, -0.15) is 5.26 Å². The topological polar surface area (TPSA) is 105 Å². The van der Waals surface area contributed by atoms with Crippen LogP contribution in [-0.2, 0) is 4.79 Å². The largest absolute Gasteiger partial charge is 0.469 e. The van der Waals surface area contributed by atoms with Gasteiger partial charge in [0.25, 0.3) is 11.1 Å². The highest BCUT2D eigenvalue weighted by atomic mass is 32.2. The summed E-state index contributed by atoms with van der Waals surface area (Å²) in [5, 5.41) is 20.2. The Kier molecular flexibility index (Phi) is 5.13. The minimum Gasteiger partial charge on any atom is -0.469 e. The van der Waals surface area contributed by atoms with Crippen molar-refractivity contribution in [2.75, 3.05) is 0 Å². The number of nitrogens with zero attached hydrogens (tertiary/aromatic N) is 3. The lowest BCUT2D eigenvalue weighted by Gasteiger charge is -2.32. The minimum absolute atomic E-state index is 0.187. The van der Waals surface area contributed by atoms with E-state index in [2.05, 4.69) is 21.6 Å². The number of aryl methyl sites for hydroxylation is 1. The van der Waals surface area contributed by atoms with Crippen LogP contribution in [-0.4, -0.2) is 26.9 Å². The Bertz CT molecular complexity index is 786. The van der Waals surface area contributed by atoms with Crippen molar-refractivity contribution in [2.45, 2.75) is 62.0 Å². The number of nitrogens with one attached hydrogen (secondary N) is 1. The Balaban J connectivity index is 1.63. The number of aromatic nitrogens is 2. The number of amides is 1. The fourth-order valence-electron chi connectivity index (χ4n) is 2.94. The van der Waals surface area contributed by atoms with E-state index in [1.54, 1.807) is 19.3 Å².